The zero-order valence-corrected chi connectivity index (χ0v) is 17.9. The lowest BCUT2D eigenvalue weighted by Crippen LogP contribution is -2.56. The van der Waals surface area contributed by atoms with Crippen LogP contribution in [0, 0.1) is 6.92 Å². The Morgan fingerprint density at radius 3 is 2.77 bits per heavy atom. The number of rotatable bonds is 2. The lowest BCUT2D eigenvalue weighted by Gasteiger charge is -2.41. The van der Waals surface area contributed by atoms with E-state index >= 15 is 0 Å². The van der Waals surface area contributed by atoms with Gasteiger partial charge in [-0.1, -0.05) is 6.07 Å². The van der Waals surface area contributed by atoms with Gasteiger partial charge in [-0.05, 0) is 56.4 Å². The van der Waals surface area contributed by atoms with Crippen LogP contribution in [0.25, 0.3) is 0 Å². The van der Waals surface area contributed by atoms with Gasteiger partial charge < -0.3 is 11.1 Å². The third kappa shape index (κ3) is 3.20. The van der Waals surface area contributed by atoms with Gasteiger partial charge in [-0.25, -0.2) is 22.7 Å². The van der Waals surface area contributed by atoms with Crippen molar-refractivity contribution in [2.75, 3.05) is 12.4 Å². The maximum absolute atomic E-state index is 13.1. The SMILES string of the molecule is Cc1cnc(C(=O)Nc2ccc3c(c2)[C@@]2(C)N=C(N)N(C)S(=O)(=O)[C@@H]2CCC3)cn1. The van der Waals surface area contributed by atoms with Crippen LogP contribution in [0.4, 0.5) is 5.69 Å². The summed E-state index contributed by atoms with van der Waals surface area (Å²) < 4.78 is 27.2. The number of aryl methyl sites for hydroxylation is 2. The van der Waals surface area contributed by atoms with Crippen molar-refractivity contribution >= 4 is 27.6 Å². The number of sulfonamides is 1. The molecule has 0 saturated heterocycles. The molecule has 0 radical (unpaired) electrons. The lowest BCUT2D eigenvalue weighted by molar-refractivity contribution is 0.102. The number of nitrogens with two attached hydrogens (primary N) is 1. The van der Waals surface area contributed by atoms with Crippen molar-refractivity contribution < 1.29 is 13.2 Å². The van der Waals surface area contributed by atoms with Crippen LogP contribution in [0.15, 0.2) is 35.6 Å². The fraction of sp³-hybridized carbons (Fsp3) is 0.400. The molecular weight excluding hydrogens is 404 g/mol. The summed E-state index contributed by atoms with van der Waals surface area (Å²) in [6.45, 7) is 3.59. The Hall–Kier alpha value is -3.01. The first-order valence-corrected chi connectivity index (χ1v) is 11.2. The van der Waals surface area contributed by atoms with Crippen LogP contribution in [-0.2, 0) is 22.0 Å². The summed E-state index contributed by atoms with van der Waals surface area (Å²) in [6.07, 6.45) is 4.88. The first-order valence-electron chi connectivity index (χ1n) is 9.69. The van der Waals surface area contributed by atoms with Gasteiger partial charge in [-0.15, -0.1) is 0 Å². The van der Waals surface area contributed by atoms with Crippen molar-refractivity contribution in [2.45, 2.75) is 43.9 Å². The van der Waals surface area contributed by atoms with Gasteiger partial charge in [-0.2, -0.15) is 0 Å². The molecule has 1 aliphatic heterocycles. The zero-order valence-electron chi connectivity index (χ0n) is 17.1. The van der Waals surface area contributed by atoms with Crippen LogP contribution in [0.2, 0.25) is 0 Å². The number of hydrogen-bond acceptors (Lipinski definition) is 7. The highest BCUT2D eigenvalue weighted by Gasteiger charge is 2.51. The second kappa shape index (κ2) is 7.05. The number of amides is 1. The van der Waals surface area contributed by atoms with E-state index in [0.29, 0.717) is 12.1 Å². The van der Waals surface area contributed by atoms with Crippen molar-refractivity contribution in [3.8, 4) is 0 Å². The van der Waals surface area contributed by atoms with E-state index in [1.165, 1.54) is 19.4 Å². The Balaban J connectivity index is 1.76. The number of aliphatic imine (C=N–C) groups is 1. The minimum absolute atomic E-state index is 0.0361. The van der Waals surface area contributed by atoms with Crippen molar-refractivity contribution in [3.05, 3.63) is 53.1 Å². The smallest absolute Gasteiger partial charge is 0.275 e. The first-order chi connectivity index (χ1) is 14.1. The van der Waals surface area contributed by atoms with Crippen LogP contribution in [-0.4, -0.2) is 46.9 Å². The van der Waals surface area contributed by atoms with Gasteiger partial charge in [0, 0.05) is 18.9 Å². The van der Waals surface area contributed by atoms with Crippen LogP contribution in [0.5, 0.6) is 0 Å². The summed E-state index contributed by atoms with van der Waals surface area (Å²) in [6, 6.07) is 5.51. The highest BCUT2D eigenvalue weighted by atomic mass is 32.2. The number of benzene rings is 1. The number of nitrogens with one attached hydrogen (secondary N) is 1. The zero-order chi connectivity index (χ0) is 21.7. The minimum Gasteiger partial charge on any atom is -0.369 e. The molecule has 1 aromatic carbocycles. The van der Waals surface area contributed by atoms with Gasteiger partial charge >= 0.3 is 0 Å². The maximum Gasteiger partial charge on any atom is 0.275 e. The summed E-state index contributed by atoms with van der Waals surface area (Å²) in [5.41, 5.74) is 8.15. The Morgan fingerprint density at radius 1 is 1.30 bits per heavy atom. The second-order valence-electron chi connectivity index (χ2n) is 7.88. The van der Waals surface area contributed by atoms with Gasteiger partial charge in [0.15, 0.2) is 0 Å². The highest BCUT2D eigenvalue weighted by molar-refractivity contribution is 7.90. The standard InChI is InChI=1S/C20H24N6O3S/c1-12-10-23-16(11-22-12)18(27)24-14-8-7-13-5-4-6-17-20(2,15(13)9-14)25-19(21)26(3)30(17,28)29/h7-11,17H,4-6H2,1-3H3,(H2,21,25)(H,24,27)/t17-,20-/m1/s1. The first kappa shape index (κ1) is 20.3. The average Bonchev–Trinajstić information content (AvgIpc) is 2.84. The molecule has 10 heteroatoms. The van der Waals surface area contributed by atoms with Crippen molar-refractivity contribution in [2.24, 2.45) is 10.7 Å². The number of carbonyl (C=O) groups is 1. The average molecular weight is 429 g/mol. The molecule has 30 heavy (non-hydrogen) atoms. The lowest BCUT2D eigenvalue weighted by atomic mass is 9.86. The van der Waals surface area contributed by atoms with E-state index in [2.05, 4.69) is 20.3 Å². The van der Waals surface area contributed by atoms with Crippen LogP contribution < -0.4 is 11.1 Å². The molecule has 0 bridgehead atoms. The van der Waals surface area contributed by atoms with Crippen LogP contribution in [0.3, 0.4) is 0 Å². The normalized spacial score (nSPS) is 24.8. The molecule has 2 aliphatic rings. The molecule has 1 amide bonds. The van der Waals surface area contributed by atoms with E-state index in [1.807, 2.05) is 6.07 Å². The number of hydrogen-bond donors (Lipinski definition) is 2. The van der Waals surface area contributed by atoms with Crippen molar-refractivity contribution in [1.82, 2.24) is 14.3 Å². The molecule has 1 aliphatic carbocycles. The fourth-order valence-electron chi connectivity index (χ4n) is 4.18. The van der Waals surface area contributed by atoms with E-state index in [4.69, 9.17) is 5.73 Å². The summed E-state index contributed by atoms with van der Waals surface area (Å²) in [7, 11) is -2.22. The van der Waals surface area contributed by atoms with E-state index in [-0.39, 0.29) is 11.7 Å². The van der Waals surface area contributed by atoms with Gasteiger partial charge in [-0.3, -0.25) is 9.78 Å². The van der Waals surface area contributed by atoms with Gasteiger partial charge in [0.2, 0.25) is 16.0 Å². The largest absolute Gasteiger partial charge is 0.369 e. The van der Waals surface area contributed by atoms with Crippen LogP contribution in [0.1, 0.15) is 47.1 Å². The number of carbonyl (C=O) groups excluding carboxylic acids is 1. The molecule has 4 rings (SSSR count). The van der Waals surface area contributed by atoms with E-state index < -0.39 is 26.7 Å². The van der Waals surface area contributed by atoms with Gasteiger partial charge in [0.05, 0.1) is 11.9 Å². The Labute approximate surface area is 175 Å². The van der Waals surface area contributed by atoms with Crippen molar-refractivity contribution in [3.63, 3.8) is 0 Å². The Kier molecular flexibility index (Phi) is 4.76. The summed E-state index contributed by atoms with van der Waals surface area (Å²) in [4.78, 5) is 25.4. The van der Waals surface area contributed by atoms with E-state index in [0.717, 1.165) is 34.0 Å². The highest BCUT2D eigenvalue weighted by Crippen LogP contribution is 2.44. The number of nitrogens with zero attached hydrogens (tertiary/aromatic N) is 4. The van der Waals surface area contributed by atoms with Crippen LogP contribution >= 0.6 is 0 Å². The third-order valence-electron chi connectivity index (χ3n) is 5.88. The molecule has 9 nitrogen and oxygen atoms in total. The van der Waals surface area contributed by atoms with Gasteiger partial charge in [0.25, 0.3) is 5.91 Å². The van der Waals surface area contributed by atoms with Crippen molar-refractivity contribution in [1.29, 1.82) is 0 Å². The maximum atomic E-state index is 13.1. The summed E-state index contributed by atoms with van der Waals surface area (Å²) in [5.74, 6) is -0.428. The van der Waals surface area contributed by atoms with E-state index in [1.54, 1.807) is 26.0 Å². The summed E-state index contributed by atoms with van der Waals surface area (Å²) >= 11 is 0. The Bertz CT molecular complexity index is 1150. The summed E-state index contributed by atoms with van der Waals surface area (Å²) in [5, 5.41) is 2.10. The van der Waals surface area contributed by atoms with Gasteiger partial charge in [0.1, 0.15) is 16.5 Å². The Morgan fingerprint density at radius 2 is 2.07 bits per heavy atom. The molecule has 0 spiro atoms. The minimum atomic E-state index is -3.65. The quantitative estimate of drug-likeness (QED) is 0.746. The fourth-order valence-corrected chi connectivity index (χ4v) is 6.09. The predicted molar refractivity (Wildman–Crippen MR) is 114 cm³/mol. The number of anilines is 1. The molecule has 0 saturated carbocycles. The molecule has 0 fully saturated rings. The number of aromatic nitrogens is 2. The molecule has 0 unspecified atom stereocenters. The monoisotopic (exact) mass is 428 g/mol. The third-order valence-corrected chi connectivity index (χ3v) is 8.24. The topological polar surface area (TPSA) is 131 Å². The number of fused-ring (bicyclic) bond motifs is 3. The molecule has 158 valence electrons. The molecular formula is C20H24N6O3S. The predicted octanol–water partition coefficient (Wildman–Crippen LogP) is 1.55. The molecule has 3 N–H and O–H groups in total. The molecule has 2 heterocycles. The number of guanidine groups is 1. The molecule has 2 aromatic rings. The van der Waals surface area contributed by atoms with E-state index in [9.17, 15) is 13.2 Å². The molecule has 1 aromatic heterocycles. The molecule has 2 atom stereocenters. The second-order valence-corrected chi connectivity index (χ2v) is 10.0.